The molecule has 54 valence electrons. The van der Waals surface area contributed by atoms with Crippen molar-refractivity contribution in [2.45, 2.75) is 6.42 Å². The van der Waals surface area contributed by atoms with Gasteiger partial charge in [-0.25, -0.2) is 0 Å². The van der Waals surface area contributed by atoms with Crippen LogP contribution in [0.3, 0.4) is 0 Å². The van der Waals surface area contributed by atoms with Crippen LogP contribution < -0.4 is 0 Å². The summed E-state index contributed by atoms with van der Waals surface area (Å²) in [5.41, 5.74) is 1.04. The van der Waals surface area contributed by atoms with Gasteiger partial charge in [-0.05, 0) is 17.7 Å². The van der Waals surface area contributed by atoms with Gasteiger partial charge in [0.2, 0.25) is 0 Å². The summed E-state index contributed by atoms with van der Waals surface area (Å²) < 4.78 is 12.8. The molecule has 1 aromatic rings. The summed E-state index contributed by atoms with van der Waals surface area (Å²) in [6.45, 7) is -0.281. The third-order valence-corrected chi connectivity index (χ3v) is 1.77. The van der Waals surface area contributed by atoms with Gasteiger partial charge in [-0.1, -0.05) is 28.1 Å². The number of rotatable bonds is 2. The average Bonchev–Trinajstić information content (AvgIpc) is 1.88. The first-order valence-electron chi connectivity index (χ1n) is 3.13. The van der Waals surface area contributed by atoms with E-state index in [1.165, 1.54) is 0 Å². The first kappa shape index (κ1) is 7.73. The van der Waals surface area contributed by atoms with Crippen molar-refractivity contribution in [2.24, 2.45) is 0 Å². The quantitative estimate of drug-likeness (QED) is 0.693. The summed E-state index contributed by atoms with van der Waals surface area (Å²) in [7, 11) is 0. The lowest BCUT2D eigenvalue weighted by Crippen LogP contribution is -1.84. The lowest BCUT2D eigenvalue weighted by Gasteiger charge is -1.95. The Hall–Kier alpha value is -0.370. The molecule has 0 heterocycles. The monoisotopic (exact) mass is 202 g/mol. The molecule has 0 spiro atoms. The highest BCUT2D eigenvalue weighted by Gasteiger charge is 1.91. The molecule has 0 unspecified atom stereocenters. The van der Waals surface area contributed by atoms with Crippen LogP contribution in [-0.2, 0) is 6.42 Å². The Balaban J connectivity index is 2.75. The molecule has 0 aliphatic heterocycles. The molecule has 0 bridgehead atoms. The van der Waals surface area contributed by atoms with Crippen LogP contribution in [0.5, 0.6) is 0 Å². The zero-order valence-electron chi connectivity index (χ0n) is 5.48. The highest BCUT2D eigenvalue weighted by Crippen LogP contribution is 2.11. The molecule has 0 atom stereocenters. The number of benzene rings is 1. The minimum atomic E-state index is -0.281. The maximum atomic E-state index is 11.8. The zero-order chi connectivity index (χ0) is 7.40. The largest absolute Gasteiger partial charge is 0.251 e. The van der Waals surface area contributed by atoms with Crippen LogP contribution in [0.15, 0.2) is 28.7 Å². The Morgan fingerprint density at radius 1 is 1.40 bits per heavy atom. The van der Waals surface area contributed by atoms with Crippen molar-refractivity contribution in [3.05, 3.63) is 34.3 Å². The summed E-state index contributed by atoms with van der Waals surface area (Å²) in [6.07, 6.45) is 0.513. The molecule has 0 amide bonds. The van der Waals surface area contributed by atoms with Crippen LogP contribution in [0.1, 0.15) is 5.56 Å². The molecule has 0 aromatic heterocycles. The molecule has 0 radical (unpaired) electrons. The molecule has 2 heteroatoms. The van der Waals surface area contributed by atoms with E-state index in [4.69, 9.17) is 0 Å². The number of aryl methyl sites for hydroxylation is 1. The highest BCUT2D eigenvalue weighted by atomic mass is 79.9. The summed E-state index contributed by atoms with van der Waals surface area (Å²) >= 11 is 3.31. The van der Waals surface area contributed by atoms with Gasteiger partial charge in [0, 0.05) is 10.9 Å². The van der Waals surface area contributed by atoms with Gasteiger partial charge in [0.1, 0.15) is 0 Å². The maximum Gasteiger partial charge on any atom is 0.0934 e. The second kappa shape index (κ2) is 3.71. The van der Waals surface area contributed by atoms with Crippen LogP contribution in [-0.4, -0.2) is 6.67 Å². The van der Waals surface area contributed by atoms with E-state index in [-0.39, 0.29) is 6.67 Å². The van der Waals surface area contributed by atoms with Crippen molar-refractivity contribution >= 4 is 15.9 Å². The molecular formula is C8H8BrF. The predicted octanol–water partition coefficient (Wildman–Crippen LogP) is 2.96. The smallest absolute Gasteiger partial charge is 0.0934 e. The molecule has 1 rings (SSSR count). The molecule has 0 aliphatic rings. The molecule has 1 aromatic carbocycles. The molecule has 0 saturated heterocycles. The fourth-order valence-electron chi connectivity index (χ4n) is 0.802. The van der Waals surface area contributed by atoms with E-state index < -0.39 is 0 Å². The molecule has 0 saturated carbocycles. The summed E-state index contributed by atoms with van der Waals surface area (Å²) in [5, 5.41) is 0. The topological polar surface area (TPSA) is 0 Å². The molecule has 0 fully saturated rings. The van der Waals surface area contributed by atoms with E-state index in [9.17, 15) is 4.39 Å². The number of hydrogen-bond donors (Lipinski definition) is 0. The normalized spacial score (nSPS) is 9.80. The first-order valence-corrected chi connectivity index (χ1v) is 3.92. The fraction of sp³-hybridized carbons (Fsp3) is 0.250. The molecule has 0 nitrogen and oxygen atoms in total. The molecule has 0 N–H and O–H groups in total. The molecule has 10 heavy (non-hydrogen) atoms. The SMILES string of the molecule is FCCc1cccc(Br)c1. The van der Waals surface area contributed by atoms with Crippen molar-refractivity contribution in [1.82, 2.24) is 0 Å². The second-order valence-electron chi connectivity index (χ2n) is 2.07. The second-order valence-corrected chi connectivity index (χ2v) is 2.98. The van der Waals surface area contributed by atoms with E-state index in [1.807, 2.05) is 24.3 Å². The van der Waals surface area contributed by atoms with E-state index in [0.29, 0.717) is 6.42 Å². The molecular weight excluding hydrogens is 195 g/mol. The minimum absolute atomic E-state index is 0.281. The number of alkyl halides is 1. The van der Waals surface area contributed by atoms with Gasteiger partial charge in [-0.2, -0.15) is 0 Å². The lowest BCUT2D eigenvalue weighted by atomic mass is 10.2. The summed E-state index contributed by atoms with van der Waals surface area (Å²) in [6, 6.07) is 7.70. The minimum Gasteiger partial charge on any atom is -0.251 e. The van der Waals surface area contributed by atoms with Gasteiger partial charge in [-0.3, -0.25) is 4.39 Å². The Morgan fingerprint density at radius 3 is 2.80 bits per heavy atom. The average molecular weight is 203 g/mol. The Labute approximate surface area is 68.2 Å². The van der Waals surface area contributed by atoms with Crippen LogP contribution in [0.25, 0.3) is 0 Å². The Bertz CT molecular complexity index is 210. The van der Waals surface area contributed by atoms with Gasteiger partial charge < -0.3 is 0 Å². The van der Waals surface area contributed by atoms with Gasteiger partial charge in [0.25, 0.3) is 0 Å². The van der Waals surface area contributed by atoms with Crippen LogP contribution in [0.4, 0.5) is 4.39 Å². The van der Waals surface area contributed by atoms with Crippen molar-refractivity contribution in [1.29, 1.82) is 0 Å². The van der Waals surface area contributed by atoms with E-state index in [1.54, 1.807) is 0 Å². The lowest BCUT2D eigenvalue weighted by molar-refractivity contribution is 0.495. The van der Waals surface area contributed by atoms with Gasteiger partial charge in [0.15, 0.2) is 0 Å². The van der Waals surface area contributed by atoms with Gasteiger partial charge >= 0.3 is 0 Å². The van der Waals surface area contributed by atoms with Crippen LogP contribution in [0, 0.1) is 0 Å². The standard InChI is InChI=1S/C8H8BrF/c9-8-3-1-2-7(6-8)4-5-10/h1-3,6H,4-5H2. The van der Waals surface area contributed by atoms with Crippen LogP contribution >= 0.6 is 15.9 Å². The zero-order valence-corrected chi connectivity index (χ0v) is 7.07. The Kier molecular flexibility index (Phi) is 2.87. The van der Waals surface area contributed by atoms with Crippen molar-refractivity contribution in [3.63, 3.8) is 0 Å². The summed E-state index contributed by atoms with van der Waals surface area (Å²) in [4.78, 5) is 0. The highest BCUT2D eigenvalue weighted by molar-refractivity contribution is 9.10. The van der Waals surface area contributed by atoms with Gasteiger partial charge in [0.05, 0.1) is 6.67 Å². The van der Waals surface area contributed by atoms with Crippen molar-refractivity contribution in [3.8, 4) is 0 Å². The van der Waals surface area contributed by atoms with E-state index in [0.717, 1.165) is 10.0 Å². The van der Waals surface area contributed by atoms with Gasteiger partial charge in [-0.15, -0.1) is 0 Å². The maximum absolute atomic E-state index is 11.8. The summed E-state index contributed by atoms with van der Waals surface area (Å²) in [5.74, 6) is 0. The molecule has 0 aliphatic carbocycles. The Morgan fingerprint density at radius 2 is 2.20 bits per heavy atom. The van der Waals surface area contributed by atoms with Crippen molar-refractivity contribution < 1.29 is 4.39 Å². The number of hydrogen-bond acceptors (Lipinski definition) is 0. The van der Waals surface area contributed by atoms with E-state index >= 15 is 0 Å². The number of halogens is 2. The third kappa shape index (κ3) is 2.10. The first-order chi connectivity index (χ1) is 4.83. The van der Waals surface area contributed by atoms with Crippen molar-refractivity contribution in [2.75, 3.05) is 6.67 Å². The predicted molar refractivity (Wildman–Crippen MR) is 43.8 cm³/mol. The third-order valence-electron chi connectivity index (χ3n) is 1.27. The van der Waals surface area contributed by atoms with Crippen LogP contribution in [0.2, 0.25) is 0 Å². The fourth-order valence-corrected chi connectivity index (χ4v) is 1.25. The van der Waals surface area contributed by atoms with E-state index in [2.05, 4.69) is 15.9 Å².